The summed E-state index contributed by atoms with van der Waals surface area (Å²) in [5, 5.41) is 18.0. The van der Waals surface area contributed by atoms with Crippen LogP contribution in [0.1, 0.15) is 33.4 Å². The number of rotatable bonds is 20. The van der Waals surface area contributed by atoms with Gasteiger partial charge >= 0.3 is 18.2 Å². The quantitative estimate of drug-likeness (QED) is 0.0595. The summed E-state index contributed by atoms with van der Waals surface area (Å²) in [5.41, 5.74) is 4.52. The zero-order valence-electron chi connectivity index (χ0n) is 34.0. The second-order valence-corrected chi connectivity index (χ2v) is 14.1. The maximum absolute atomic E-state index is 14.1. The maximum atomic E-state index is 14.1. The van der Waals surface area contributed by atoms with Crippen molar-refractivity contribution in [3.8, 4) is 23.0 Å². The number of amides is 3. The predicted octanol–water partition coefficient (Wildman–Crippen LogP) is 7.79. The molecule has 6 aromatic carbocycles. The maximum Gasteiger partial charge on any atom is 0.412 e. The summed E-state index contributed by atoms with van der Waals surface area (Å²) in [6.07, 6.45) is -1.85. The third-order valence-electron chi connectivity index (χ3n) is 9.45. The van der Waals surface area contributed by atoms with E-state index >= 15 is 0 Å². The molecule has 0 spiro atoms. The van der Waals surface area contributed by atoms with Crippen LogP contribution >= 0.6 is 0 Å². The van der Waals surface area contributed by atoms with Crippen LogP contribution in [0.3, 0.4) is 0 Å². The predicted molar refractivity (Wildman–Crippen MR) is 231 cm³/mol. The van der Waals surface area contributed by atoms with Crippen molar-refractivity contribution in [3.63, 3.8) is 0 Å². The average molecular weight is 838 g/mol. The Morgan fingerprint density at radius 1 is 0.468 bits per heavy atom. The minimum absolute atomic E-state index is 0.0576. The zero-order chi connectivity index (χ0) is 43.5. The fraction of sp³-hybridized carbons (Fsp3) is 0.184. The van der Waals surface area contributed by atoms with E-state index in [-0.39, 0.29) is 50.8 Å². The van der Waals surface area contributed by atoms with Gasteiger partial charge in [-0.05, 0) is 57.6 Å². The van der Waals surface area contributed by atoms with Crippen molar-refractivity contribution in [2.75, 3.05) is 7.05 Å². The molecule has 6 aromatic rings. The van der Waals surface area contributed by atoms with Gasteiger partial charge in [0.05, 0.1) is 0 Å². The fourth-order valence-electron chi connectivity index (χ4n) is 6.21. The average Bonchev–Trinajstić information content (AvgIpc) is 3.30. The van der Waals surface area contributed by atoms with Crippen LogP contribution in [0.5, 0.6) is 23.0 Å². The Labute approximate surface area is 359 Å². The molecule has 13 heteroatoms. The van der Waals surface area contributed by atoms with Crippen LogP contribution in [0.4, 0.5) is 9.59 Å². The first-order valence-corrected chi connectivity index (χ1v) is 19.9. The lowest BCUT2D eigenvalue weighted by Gasteiger charge is -2.22. The van der Waals surface area contributed by atoms with Crippen molar-refractivity contribution in [2.45, 2.75) is 51.4 Å². The number of hydrogen-bond donors (Lipinski definition) is 4. The molecule has 0 heterocycles. The number of nitrogens with one attached hydrogen (secondary N) is 3. The van der Waals surface area contributed by atoms with E-state index in [0.717, 1.165) is 22.3 Å². The van der Waals surface area contributed by atoms with Gasteiger partial charge in [-0.2, -0.15) is 0 Å². The van der Waals surface area contributed by atoms with E-state index in [1.54, 1.807) is 42.5 Å². The summed E-state index contributed by atoms with van der Waals surface area (Å²) >= 11 is 0. The summed E-state index contributed by atoms with van der Waals surface area (Å²) in [6.45, 7) is 0.597. The minimum Gasteiger partial charge on any atom is -0.485 e. The number of ether oxygens (including phenoxy) is 5. The van der Waals surface area contributed by atoms with Crippen LogP contribution in [0.25, 0.3) is 0 Å². The number of carboxylic acid groups (broad SMARTS) is 1. The van der Waals surface area contributed by atoms with Gasteiger partial charge in [-0.1, -0.05) is 133 Å². The second-order valence-electron chi connectivity index (χ2n) is 14.1. The Morgan fingerprint density at radius 3 is 1.35 bits per heavy atom. The number of hydrogen-bond acceptors (Lipinski definition) is 9. The Hall–Kier alpha value is -7.80. The Balaban J connectivity index is 1.23. The molecule has 0 aliphatic heterocycles. The summed E-state index contributed by atoms with van der Waals surface area (Å²) in [4.78, 5) is 52.2. The van der Waals surface area contributed by atoms with E-state index in [4.69, 9.17) is 23.7 Å². The lowest BCUT2D eigenvalue weighted by molar-refractivity contribution is -0.142. The van der Waals surface area contributed by atoms with Gasteiger partial charge in [-0.25, -0.2) is 14.4 Å². The molecule has 0 saturated carbocycles. The normalized spacial score (nSPS) is 11.6. The van der Waals surface area contributed by atoms with Crippen molar-refractivity contribution < 1.29 is 48.0 Å². The van der Waals surface area contributed by atoms with Gasteiger partial charge in [0.15, 0.2) is 23.0 Å². The van der Waals surface area contributed by atoms with Gasteiger partial charge in [0.1, 0.15) is 38.5 Å². The van der Waals surface area contributed by atoms with Crippen LogP contribution in [-0.4, -0.2) is 48.3 Å². The molecule has 62 heavy (non-hydrogen) atoms. The van der Waals surface area contributed by atoms with E-state index in [0.29, 0.717) is 22.6 Å². The van der Waals surface area contributed by atoms with E-state index in [1.807, 2.05) is 109 Å². The number of carbonyl (C=O) groups is 4. The summed E-state index contributed by atoms with van der Waals surface area (Å²) in [7, 11) is 1.42. The third-order valence-corrected chi connectivity index (χ3v) is 9.45. The van der Waals surface area contributed by atoms with Crippen molar-refractivity contribution in [1.82, 2.24) is 16.0 Å². The zero-order valence-corrected chi connectivity index (χ0v) is 34.0. The van der Waals surface area contributed by atoms with Gasteiger partial charge in [-0.3, -0.25) is 4.79 Å². The Morgan fingerprint density at radius 2 is 0.887 bits per heavy atom. The highest BCUT2D eigenvalue weighted by Crippen LogP contribution is 2.32. The molecule has 4 N–H and O–H groups in total. The number of carbonyl (C=O) groups excluding carboxylic acids is 3. The largest absolute Gasteiger partial charge is 0.485 e. The van der Waals surface area contributed by atoms with Crippen molar-refractivity contribution in [2.24, 2.45) is 0 Å². The molecule has 0 unspecified atom stereocenters. The number of carboxylic acids is 1. The first kappa shape index (κ1) is 43.8. The van der Waals surface area contributed by atoms with E-state index in [2.05, 4.69) is 16.0 Å². The summed E-state index contributed by atoms with van der Waals surface area (Å²) in [6, 6.07) is 44.7. The summed E-state index contributed by atoms with van der Waals surface area (Å²) in [5.74, 6) is -0.919. The van der Waals surface area contributed by atoms with Gasteiger partial charge in [-0.15, -0.1) is 0 Å². The highest BCUT2D eigenvalue weighted by Gasteiger charge is 2.29. The van der Waals surface area contributed by atoms with E-state index in [1.165, 1.54) is 13.1 Å². The standard InChI is InChI=1S/C49H47N3O10/c1-50-48(56)62-43-25-23-39(29-45(43)60-32-36-18-10-4-11-19-36)27-41(47(54)55)51-46(53)40(52-49(57)61-33-37-20-12-5-13-21-37)26-38-22-24-42(58-30-34-14-6-2-7-15-34)44(28-38)59-31-35-16-8-3-9-17-35/h2-25,28-29,40-41H,26-27,30-33H2,1H3,(H,50,56)(H,51,53)(H,52,57)(H,54,55)/t40-,41-/m0/s1. The van der Waals surface area contributed by atoms with Crippen molar-refractivity contribution >= 4 is 24.1 Å². The molecule has 2 atom stereocenters. The SMILES string of the molecule is CNC(=O)Oc1ccc(C[C@H](NC(=O)[C@H](Cc2ccc(OCc3ccccc3)c(OCc3ccccc3)c2)NC(=O)OCc2ccccc2)C(=O)O)cc1OCc1ccccc1. The monoisotopic (exact) mass is 837 g/mol. The highest BCUT2D eigenvalue weighted by atomic mass is 16.6. The number of aliphatic carboxylic acids is 1. The van der Waals surface area contributed by atoms with E-state index < -0.39 is 36.1 Å². The van der Waals surface area contributed by atoms with Crippen LogP contribution in [0, 0.1) is 0 Å². The molecule has 0 saturated heterocycles. The first-order chi connectivity index (χ1) is 30.2. The van der Waals surface area contributed by atoms with Crippen LogP contribution in [0.2, 0.25) is 0 Å². The molecule has 3 amide bonds. The van der Waals surface area contributed by atoms with Crippen LogP contribution < -0.4 is 34.9 Å². The molecule has 13 nitrogen and oxygen atoms in total. The summed E-state index contributed by atoms with van der Waals surface area (Å²) < 4.78 is 29.3. The molecule has 0 bridgehead atoms. The molecule has 0 aliphatic rings. The molecular weight excluding hydrogens is 791 g/mol. The Kier molecular flexibility index (Phi) is 15.9. The number of alkyl carbamates (subject to hydrolysis) is 1. The van der Waals surface area contributed by atoms with Crippen molar-refractivity contribution in [3.05, 3.63) is 191 Å². The third kappa shape index (κ3) is 13.6. The van der Waals surface area contributed by atoms with Gasteiger partial charge in [0.2, 0.25) is 5.91 Å². The van der Waals surface area contributed by atoms with E-state index in [9.17, 15) is 24.3 Å². The smallest absolute Gasteiger partial charge is 0.412 e. The first-order valence-electron chi connectivity index (χ1n) is 19.9. The highest BCUT2D eigenvalue weighted by molar-refractivity contribution is 5.89. The molecule has 0 fully saturated rings. The molecular formula is C49H47N3O10. The lowest BCUT2D eigenvalue weighted by atomic mass is 10.0. The van der Waals surface area contributed by atoms with Gasteiger partial charge in [0.25, 0.3) is 0 Å². The molecule has 0 radical (unpaired) electrons. The van der Waals surface area contributed by atoms with Crippen molar-refractivity contribution in [1.29, 1.82) is 0 Å². The lowest BCUT2D eigenvalue weighted by Crippen LogP contribution is -2.53. The van der Waals surface area contributed by atoms with Crippen LogP contribution in [-0.2, 0) is 53.6 Å². The fourth-order valence-corrected chi connectivity index (χ4v) is 6.21. The van der Waals surface area contributed by atoms with Gasteiger partial charge < -0.3 is 44.7 Å². The molecule has 6 rings (SSSR count). The van der Waals surface area contributed by atoms with Crippen LogP contribution in [0.15, 0.2) is 158 Å². The Bertz CT molecular complexity index is 2380. The topological polar surface area (TPSA) is 171 Å². The second kappa shape index (κ2) is 22.5. The molecule has 0 aromatic heterocycles. The molecule has 0 aliphatic carbocycles. The van der Waals surface area contributed by atoms with Gasteiger partial charge in [0, 0.05) is 19.9 Å². The number of benzene rings is 6. The molecule has 318 valence electrons. The minimum atomic E-state index is -1.45.